The number of anilines is 2. The predicted octanol–water partition coefficient (Wildman–Crippen LogP) is 4.17. The van der Waals surface area contributed by atoms with E-state index in [0.717, 1.165) is 16.2 Å². The van der Waals surface area contributed by atoms with Crippen LogP contribution in [-0.2, 0) is 4.79 Å². The van der Waals surface area contributed by atoms with Gasteiger partial charge in [0.05, 0.1) is 29.3 Å². The number of methoxy groups -OCH3 is 1. The monoisotopic (exact) mass is 475 g/mol. The quantitative estimate of drug-likeness (QED) is 0.409. The van der Waals surface area contributed by atoms with Crippen LogP contribution in [0, 0.1) is 0 Å². The average molecular weight is 476 g/mol. The van der Waals surface area contributed by atoms with Gasteiger partial charge in [0.25, 0.3) is 17.7 Å². The van der Waals surface area contributed by atoms with Crippen LogP contribution in [0.3, 0.4) is 0 Å². The number of ether oxygens (including phenoxy) is 1. The van der Waals surface area contributed by atoms with Crippen LogP contribution in [0.15, 0.2) is 66.7 Å². The highest BCUT2D eigenvalue weighted by Crippen LogP contribution is 2.45. The molecule has 7 nitrogen and oxygen atoms in total. The number of carbonyl (C=O) groups is 3. The maximum absolute atomic E-state index is 13.5. The number of carbonyl (C=O) groups excluding carboxylic acids is 3. The Morgan fingerprint density at radius 1 is 0.824 bits per heavy atom. The molecule has 2 heterocycles. The van der Waals surface area contributed by atoms with Crippen molar-refractivity contribution >= 4 is 40.7 Å². The molecule has 3 amide bonds. The number of nitrogens with zero attached hydrogens (tertiary/aromatic N) is 3. The molecular weight excluding hydrogens is 454 g/mol. The van der Waals surface area contributed by atoms with E-state index in [1.807, 2.05) is 43.3 Å². The number of imide groups is 1. The summed E-state index contributed by atoms with van der Waals surface area (Å²) >= 11 is 6.34. The molecule has 0 aliphatic carbocycles. The van der Waals surface area contributed by atoms with Gasteiger partial charge in [-0.15, -0.1) is 0 Å². The second-order valence-electron chi connectivity index (χ2n) is 8.43. The van der Waals surface area contributed by atoms with Crippen molar-refractivity contribution in [2.24, 2.45) is 0 Å². The predicted molar refractivity (Wildman–Crippen MR) is 130 cm³/mol. The zero-order chi connectivity index (χ0) is 24.1. The molecule has 1 fully saturated rings. The zero-order valence-corrected chi connectivity index (χ0v) is 19.6. The van der Waals surface area contributed by atoms with Crippen LogP contribution in [0.25, 0.3) is 0 Å². The molecule has 0 saturated carbocycles. The van der Waals surface area contributed by atoms with Crippen molar-refractivity contribution in [2.75, 3.05) is 31.0 Å². The van der Waals surface area contributed by atoms with Crippen molar-refractivity contribution in [3.05, 3.63) is 88.4 Å². The lowest BCUT2D eigenvalue weighted by Gasteiger charge is -2.49. The maximum Gasteiger partial charge on any atom is 0.262 e. The van der Waals surface area contributed by atoms with Crippen LogP contribution in [0.4, 0.5) is 11.4 Å². The number of amides is 3. The third-order valence-corrected chi connectivity index (χ3v) is 6.63. The van der Waals surface area contributed by atoms with Gasteiger partial charge in [0.1, 0.15) is 11.8 Å². The van der Waals surface area contributed by atoms with Crippen LogP contribution >= 0.6 is 11.6 Å². The Balaban J connectivity index is 1.58. The third-order valence-electron chi connectivity index (χ3n) is 6.34. The molecule has 2 atom stereocenters. The Kier molecular flexibility index (Phi) is 5.29. The number of hydrogen-bond donors (Lipinski definition) is 0. The number of β-lactam (4-membered cyclic amide) rings is 1. The number of benzene rings is 3. The fourth-order valence-electron chi connectivity index (χ4n) is 4.58. The van der Waals surface area contributed by atoms with Gasteiger partial charge in [-0.05, 0) is 48.0 Å². The Labute approximate surface area is 202 Å². The van der Waals surface area contributed by atoms with Gasteiger partial charge >= 0.3 is 0 Å². The summed E-state index contributed by atoms with van der Waals surface area (Å²) in [4.78, 5) is 44.5. The fourth-order valence-corrected chi connectivity index (χ4v) is 4.83. The molecule has 0 radical (unpaired) electrons. The van der Waals surface area contributed by atoms with Gasteiger partial charge in [0, 0.05) is 25.5 Å². The van der Waals surface area contributed by atoms with Gasteiger partial charge < -0.3 is 14.5 Å². The summed E-state index contributed by atoms with van der Waals surface area (Å²) in [5.74, 6) is -0.776. The minimum atomic E-state index is -0.960. The zero-order valence-electron chi connectivity index (χ0n) is 18.9. The Bertz CT molecular complexity index is 1290. The van der Waals surface area contributed by atoms with Crippen molar-refractivity contribution in [3.8, 4) is 5.75 Å². The minimum Gasteiger partial charge on any atom is -0.495 e. The van der Waals surface area contributed by atoms with Gasteiger partial charge in [-0.3, -0.25) is 19.3 Å². The largest absolute Gasteiger partial charge is 0.495 e. The molecule has 0 bridgehead atoms. The second-order valence-corrected chi connectivity index (χ2v) is 8.84. The number of hydrogen-bond acceptors (Lipinski definition) is 5. The first-order valence-electron chi connectivity index (χ1n) is 10.7. The molecule has 0 N–H and O–H groups in total. The Morgan fingerprint density at radius 3 is 1.97 bits per heavy atom. The molecule has 8 heteroatoms. The molecule has 34 heavy (non-hydrogen) atoms. The van der Waals surface area contributed by atoms with Crippen LogP contribution in [0.1, 0.15) is 32.3 Å². The van der Waals surface area contributed by atoms with Crippen LogP contribution in [0.2, 0.25) is 5.02 Å². The van der Waals surface area contributed by atoms with Crippen molar-refractivity contribution in [1.82, 2.24) is 4.90 Å². The minimum absolute atomic E-state index is 0.313. The van der Waals surface area contributed by atoms with Crippen molar-refractivity contribution < 1.29 is 19.1 Å². The van der Waals surface area contributed by atoms with E-state index >= 15 is 0 Å². The van der Waals surface area contributed by atoms with Crippen LogP contribution in [-0.4, -0.2) is 49.9 Å². The molecule has 0 unspecified atom stereocenters. The van der Waals surface area contributed by atoms with Crippen molar-refractivity contribution in [1.29, 1.82) is 0 Å². The lowest BCUT2D eigenvalue weighted by atomic mass is 9.86. The molecule has 0 spiro atoms. The van der Waals surface area contributed by atoms with E-state index in [0.29, 0.717) is 27.6 Å². The highest BCUT2D eigenvalue weighted by atomic mass is 35.5. The number of halogens is 1. The lowest BCUT2D eigenvalue weighted by Crippen LogP contribution is -2.67. The summed E-state index contributed by atoms with van der Waals surface area (Å²) in [6, 6.07) is 17.9. The molecule has 3 aromatic rings. The Hall–Kier alpha value is -3.84. The SMILES string of the molecule is COc1ccc(N2C(=O)[C@H](N3C(=O)c4ccccc4C3=O)[C@@H]2c2ccc(N(C)C)cc2)cc1Cl. The molecule has 3 aromatic carbocycles. The standard InChI is InChI=1S/C26H22ClN3O4/c1-28(2)16-10-8-15(9-11-16)22-23(30-24(31)18-6-4-5-7-19(18)25(30)32)26(33)29(22)17-12-13-21(34-3)20(27)14-17/h4-14,22-23H,1-3H3/t22-,23+/m0/s1. The van der Waals surface area contributed by atoms with Crippen molar-refractivity contribution in [2.45, 2.75) is 12.1 Å². The highest BCUT2D eigenvalue weighted by Gasteiger charge is 2.57. The van der Waals surface area contributed by atoms with Gasteiger partial charge in [-0.1, -0.05) is 35.9 Å². The highest BCUT2D eigenvalue weighted by molar-refractivity contribution is 6.32. The first kappa shape index (κ1) is 22.0. The molecule has 172 valence electrons. The van der Waals surface area contributed by atoms with Gasteiger partial charge in [0.15, 0.2) is 0 Å². The molecule has 0 aromatic heterocycles. The second kappa shape index (κ2) is 8.18. The van der Waals surface area contributed by atoms with Crippen LogP contribution < -0.4 is 14.5 Å². The van der Waals surface area contributed by atoms with E-state index < -0.39 is 23.9 Å². The summed E-state index contributed by atoms with van der Waals surface area (Å²) in [5.41, 5.74) is 2.98. The van der Waals surface area contributed by atoms with E-state index in [1.165, 1.54) is 7.11 Å². The normalized spacial score (nSPS) is 19.2. The maximum atomic E-state index is 13.5. The summed E-state index contributed by atoms with van der Waals surface area (Å²) in [7, 11) is 5.40. The molecular formula is C26H22ClN3O4. The molecule has 2 aliphatic rings. The summed E-state index contributed by atoms with van der Waals surface area (Å²) in [6.45, 7) is 0. The molecule has 1 saturated heterocycles. The van der Waals surface area contributed by atoms with Gasteiger partial charge in [0.2, 0.25) is 0 Å². The number of rotatable bonds is 5. The third kappa shape index (κ3) is 3.23. The fraction of sp³-hybridized carbons (Fsp3) is 0.192. The Morgan fingerprint density at radius 2 is 1.44 bits per heavy atom. The first-order valence-corrected chi connectivity index (χ1v) is 11.1. The first-order chi connectivity index (χ1) is 16.3. The van der Waals surface area contributed by atoms with E-state index in [2.05, 4.69) is 0 Å². The summed E-state index contributed by atoms with van der Waals surface area (Å²) < 4.78 is 5.23. The van der Waals surface area contributed by atoms with E-state index in [4.69, 9.17) is 16.3 Å². The van der Waals surface area contributed by atoms with Gasteiger partial charge in [-0.2, -0.15) is 0 Å². The van der Waals surface area contributed by atoms with Gasteiger partial charge in [-0.25, -0.2) is 0 Å². The molecule has 5 rings (SSSR count). The number of fused-ring (bicyclic) bond motifs is 1. The topological polar surface area (TPSA) is 70.2 Å². The van der Waals surface area contributed by atoms with E-state index in [9.17, 15) is 14.4 Å². The lowest BCUT2D eigenvalue weighted by molar-refractivity contribution is -0.130. The summed E-state index contributed by atoms with van der Waals surface area (Å²) in [6.07, 6.45) is 0. The smallest absolute Gasteiger partial charge is 0.262 e. The van der Waals surface area contributed by atoms with Crippen molar-refractivity contribution in [3.63, 3.8) is 0 Å². The average Bonchev–Trinajstić information content (AvgIpc) is 3.08. The summed E-state index contributed by atoms with van der Waals surface area (Å²) in [5, 5.41) is 0.360. The van der Waals surface area contributed by atoms with Crippen LogP contribution in [0.5, 0.6) is 5.75 Å². The van der Waals surface area contributed by atoms with E-state index in [1.54, 1.807) is 47.4 Å². The molecule has 2 aliphatic heterocycles. The van der Waals surface area contributed by atoms with E-state index in [-0.39, 0.29) is 5.91 Å².